The normalized spacial score (nSPS) is 12.5. The monoisotopic (exact) mass is 216 g/mol. The highest BCUT2D eigenvalue weighted by Crippen LogP contribution is 2.17. The summed E-state index contributed by atoms with van der Waals surface area (Å²) in [6.07, 6.45) is 0.285. The van der Waals surface area contributed by atoms with E-state index in [4.69, 9.17) is 16.7 Å². The topological polar surface area (TPSA) is 37.3 Å². The van der Waals surface area contributed by atoms with Crippen molar-refractivity contribution in [2.24, 2.45) is 5.92 Å². The van der Waals surface area contributed by atoms with Crippen molar-refractivity contribution in [1.82, 2.24) is 0 Å². The highest BCUT2D eigenvalue weighted by molar-refractivity contribution is 6.30. The zero-order valence-electron chi connectivity index (χ0n) is 7.63. The van der Waals surface area contributed by atoms with Gasteiger partial charge in [-0.2, -0.15) is 0 Å². The van der Waals surface area contributed by atoms with Gasteiger partial charge in [-0.05, 0) is 30.2 Å². The molecule has 0 aromatic heterocycles. The second-order valence-corrected chi connectivity index (χ2v) is 3.66. The lowest BCUT2D eigenvalue weighted by Gasteiger charge is -2.06. The fourth-order valence-electron chi connectivity index (χ4n) is 1.17. The van der Waals surface area contributed by atoms with Crippen molar-refractivity contribution in [3.63, 3.8) is 0 Å². The standard InChI is InChI=1S/C10H10ClFO2/c1-6(10(13)14)2-7-3-8(11)5-9(12)4-7/h3-6H,2H2,1H3,(H,13,14). The van der Waals surface area contributed by atoms with E-state index in [9.17, 15) is 9.18 Å². The third kappa shape index (κ3) is 3.00. The maximum absolute atomic E-state index is 12.8. The van der Waals surface area contributed by atoms with Gasteiger partial charge in [0.05, 0.1) is 5.92 Å². The van der Waals surface area contributed by atoms with Gasteiger partial charge in [0.15, 0.2) is 0 Å². The fourth-order valence-corrected chi connectivity index (χ4v) is 1.41. The molecule has 1 atom stereocenters. The molecule has 1 unspecified atom stereocenters. The average molecular weight is 217 g/mol. The summed E-state index contributed by atoms with van der Waals surface area (Å²) < 4.78 is 12.8. The van der Waals surface area contributed by atoms with Gasteiger partial charge in [-0.15, -0.1) is 0 Å². The molecular weight excluding hydrogens is 207 g/mol. The number of benzene rings is 1. The van der Waals surface area contributed by atoms with E-state index >= 15 is 0 Å². The van der Waals surface area contributed by atoms with Crippen LogP contribution in [0.2, 0.25) is 5.02 Å². The van der Waals surface area contributed by atoms with E-state index in [1.165, 1.54) is 12.1 Å². The van der Waals surface area contributed by atoms with Crippen LogP contribution < -0.4 is 0 Å². The van der Waals surface area contributed by atoms with Crippen LogP contribution in [-0.4, -0.2) is 11.1 Å². The van der Waals surface area contributed by atoms with Crippen molar-refractivity contribution < 1.29 is 14.3 Å². The van der Waals surface area contributed by atoms with Crippen molar-refractivity contribution in [3.05, 3.63) is 34.6 Å². The molecular formula is C10H10ClFO2. The Bertz CT molecular complexity index is 332. The van der Waals surface area contributed by atoms with Gasteiger partial charge >= 0.3 is 5.97 Å². The third-order valence-corrected chi connectivity index (χ3v) is 2.10. The van der Waals surface area contributed by atoms with E-state index in [-0.39, 0.29) is 11.4 Å². The van der Waals surface area contributed by atoms with Crippen LogP contribution in [0.4, 0.5) is 4.39 Å². The Kier molecular flexibility index (Phi) is 3.47. The Morgan fingerprint density at radius 2 is 2.21 bits per heavy atom. The maximum Gasteiger partial charge on any atom is 0.306 e. The Morgan fingerprint density at radius 3 is 2.71 bits per heavy atom. The highest BCUT2D eigenvalue weighted by Gasteiger charge is 2.12. The Hall–Kier alpha value is -1.09. The summed E-state index contributed by atoms with van der Waals surface area (Å²) in [6.45, 7) is 1.57. The molecule has 0 saturated carbocycles. The van der Waals surface area contributed by atoms with E-state index in [2.05, 4.69) is 0 Å². The molecule has 1 aromatic carbocycles. The van der Waals surface area contributed by atoms with E-state index in [1.54, 1.807) is 13.0 Å². The van der Waals surface area contributed by atoms with Crippen LogP contribution in [0.5, 0.6) is 0 Å². The molecule has 0 saturated heterocycles. The van der Waals surface area contributed by atoms with Gasteiger partial charge in [0.25, 0.3) is 0 Å². The highest BCUT2D eigenvalue weighted by atomic mass is 35.5. The quantitative estimate of drug-likeness (QED) is 0.844. The largest absolute Gasteiger partial charge is 0.481 e. The molecule has 0 aliphatic rings. The number of carboxylic acid groups (broad SMARTS) is 1. The molecule has 0 aliphatic heterocycles. The second kappa shape index (κ2) is 4.42. The molecule has 0 heterocycles. The van der Waals surface area contributed by atoms with E-state index in [0.717, 1.165) is 0 Å². The fraction of sp³-hybridized carbons (Fsp3) is 0.300. The third-order valence-electron chi connectivity index (χ3n) is 1.89. The number of carbonyl (C=O) groups is 1. The summed E-state index contributed by atoms with van der Waals surface area (Å²) in [4.78, 5) is 10.5. The van der Waals surface area contributed by atoms with Gasteiger partial charge in [0.1, 0.15) is 5.82 Å². The van der Waals surface area contributed by atoms with E-state index < -0.39 is 17.7 Å². The summed E-state index contributed by atoms with van der Waals surface area (Å²) in [6, 6.07) is 4.06. The molecule has 0 radical (unpaired) electrons. The van der Waals surface area contributed by atoms with Crippen molar-refractivity contribution >= 4 is 17.6 Å². The summed E-state index contributed by atoms with van der Waals surface area (Å²) >= 11 is 5.63. The van der Waals surface area contributed by atoms with Gasteiger partial charge in [0.2, 0.25) is 0 Å². The first-order valence-electron chi connectivity index (χ1n) is 4.17. The number of halogens is 2. The van der Waals surface area contributed by atoms with Crippen molar-refractivity contribution in [2.75, 3.05) is 0 Å². The van der Waals surface area contributed by atoms with Gasteiger partial charge < -0.3 is 5.11 Å². The molecule has 2 nitrogen and oxygen atoms in total. The minimum atomic E-state index is -0.898. The Labute approximate surface area is 86.3 Å². The molecule has 4 heteroatoms. The lowest BCUT2D eigenvalue weighted by atomic mass is 10.0. The smallest absolute Gasteiger partial charge is 0.306 e. The Morgan fingerprint density at radius 1 is 1.57 bits per heavy atom. The zero-order chi connectivity index (χ0) is 10.7. The summed E-state index contributed by atoms with van der Waals surface area (Å²) in [7, 11) is 0. The van der Waals surface area contributed by atoms with Crippen molar-refractivity contribution in [1.29, 1.82) is 0 Å². The Balaban J connectivity index is 2.81. The molecule has 14 heavy (non-hydrogen) atoms. The molecule has 1 N–H and O–H groups in total. The van der Waals surface area contributed by atoms with Crippen LogP contribution in [0.15, 0.2) is 18.2 Å². The number of carboxylic acids is 1. The first-order chi connectivity index (χ1) is 6.49. The summed E-state index contributed by atoms with van der Waals surface area (Å²) in [5, 5.41) is 8.94. The number of aliphatic carboxylic acids is 1. The lowest BCUT2D eigenvalue weighted by molar-refractivity contribution is -0.141. The van der Waals surface area contributed by atoms with Crippen LogP contribution in [0.3, 0.4) is 0 Å². The lowest BCUT2D eigenvalue weighted by Crippen LogP contribution is -2.12. The molecule has 1 rings (SSSR count). The number of hydrogen-bond donors (Lipinski definition) is 1. The van der Waals surface area contributed by atoms with Crippen LogP contribution in [0.1, 0.15) is 12.5 Å². The maximum atomic E-state index is 12.8. The van der Waals surface area contributed by atoms with E-state index in [0.29, 0.717) is 5.56 Å². The summed E-state index contributed by atoms with van der Waals surface area (Å²) in [5.41, 5.74) is 0.602. The minimum absolute atomic E-state index is 0.285. The van der Waals surface area contributed by atoms with Crippen LogP contribution >= 0.6 is 11.6 Å². The molecule has 0 aliphatic carbocycles. The SMILES string of the molecule is CC(Cc1cc(F)cc(Cl)c1)C(=O)O. The zero-order valence-corrected chi connectivity index (χ0v) is 8.38. The van der Waals surface area contributed by atoms with Gasteiger partial charge in [-0.1, -0.05) is 18.5 Å². The van der Waals surface area contributed by atoms with Crippen molar-refractivity contribution in [3.8, 4) is 0 Å². The van der Waals surface area contributed by atoms with Gasteiger partial charge in [0, 0.05) is 5.02 Å². The van der Waals surface area contributed by atoms with Crippen LogP contribution in [0, 0.1) is 11.7 Å². The first-order valence-corrected chi connectivity index (χ1v) is 4.54. The molecule has 0 bridgehead atoms. The van der Waals surface area contributed by atoms with Crippen LogP contribution in [0.25, 0.3) is 0 Å². The van der Waals surface area contributed by atoms with Crippen molar-refractivity contribution in [2.45, 2.75) is 13.3 Å². The van der Waals surface area contributed by atoms with E-state index in [1.807, 2.05) is 0 Å². The first kappa shape index (κ1) is 11.0. The summed E-state index contributed by atoms with van der Waals surface area (Å²) in [5.74, 6) is -1.87. The molecule has 0 fully saturated rings. The molecule has 76 valence electrons. The predicted octanol–water partition coefficient (Wildman–Crippen LogP) is 2.74. The second-order valence-electron chi connectivity index (χ2n) is 3.22. The molecule has 0 amide bonds. The minimum Gasteiger partial charge on any atom is -0.481 e. The number of rotatable bonds is 3. The number of hydrogen-bond acceptors (Lipinski definition) is 1. The predicted molar refractivity (Wildman–Crippen MR) is 51.9 cm³/mol. The van der Waals surface area contributed by atoms with Crippen LogP contribution in [-0.2, 0) is 11.2 Å². The average Bonchev–Trinajstić information content (AvgIpc) is 2.01. The molecule has 0 spiro atoms. The van der Waals surface area contributed by atoms with Gasteiger partial charge in [-0.25, -0.2) is 4.39 Å². The molecule has 1 aromatic rings. The van der Waals surface area contributed by atoms with Gasteiger partial charge in [-0.3, -0.25) is 4.79 Å².